The standard InChI is InChI=1S/C13H18ClN5O/c1-3-5-6-19-13(20)12(14)11(8-16-19)17-10-7-15-18(4-2)9-10/h7-9,17H,3-6H2,1-2H3. The number of hydrogen-bond donors (Lipinski definition) is 1. The fourth-order valence-corrected chi connectivity index (χ4v) is 1.97. The second-order valence-electron chi connectivity index (χ2n) is 4.46. The molecule has 2 aromatic rings. The van der Waals surface area contributed by atoms with Crippen LogP contribution in [0.2, 0.25) is 5.02 Å². The van der Waals surface area contributed by atoms with Gasteiger partial charge >= 0.3 is 0 Å². The summed E-state index contributed by atoms with van der Waals surface area (Å²) in [6.07, 6.45) is 7.01. The van der Waals surface area contributed by atoms with Crippen molar-refractivity contribution in [2.24, 2.45) is 0 Å². The van der Waals surface area contributed by atoms with Gasteiger partial charge in [-0.25, -0.2) is 4.68 Å². The Balaban J connectivity index is 2.20. The fraction of sp³-hybridized carbons (Fsp3) is 0.462. The lowest BCUT2D eigenvalue weighted by atomic mass is 10.3. The van der Waals surface area contributed by atoms with E-state index in [0.717, 1.165) is 25.1 Å². The molecule has 0 aliphatic heterocycles. The topological polar surface area (TPSA) is 64.7 Å². The van der Waals surface area contributed by atoms with Crippen LogP contribution in [-0.4, -0.2) is 19.6 Å². The van der Waals surface area contributed by atoms with Crippen molar-refractivity contribution in [1.29, 1.82) is 0 Å². The Morgan fingerprint density at radius 1 is 1.30 bits per heavy atom. The van der Waals surface area contributed by atoms with E-state index in [0.29, 0.717) is 12.2 Å². The SMILES string of the molecule is CCCCn1ncc(Nc2cnn(CC)c2)c(Cl)c1=O. The Kier molecular flexibility index (Phi) is 4.79. The van der Waals surface area contributed by atoms with Crippen LogP contribution < -0.4 is 10.9 Å². The van der Waals surface area contributed by atoms with Crippen molar-refractivity contribution >= 4 is 23.0 Å². The predicted molar refractivity (Wildman–Crippen MR) is 79.6 cm³/mol. The second kappa shape index (κ2) is 6.56. The first-order chi connectivity index (χ1) is 9.65. The molecule has 0 bridgehead atoms. The molecule has 7 heteroatoms. The maximum Gasteiger partial charge on any atom is 0.287 e. The summed E-state index contributed by atoms with van der Waals surface area (Å²) in [5.41, 5.74) is 1.01. The van der Waals surface area contributed by atoms with Crippen molar-refractivity contribution in [3.8, 4) is 0 Å². The number of aryl methyl sites for hydroxylation is 2. The summed E-state index contributed by atoms with van der Waals surface area (Å²) in [7, 11) is 0. The molecule has 2 rings (SSSR count). The molecule has 20 heavy (non-hydrogen) atoms. The second-order valence-corrected chi connectivity index (χ2v) is 4.84. The van der Waals surface area contributed by atoms with E-state index in [1.54, 1.807) is 17.1 Å². The number of nitrogens with zero attached hydrogens (tertiary/aromatic N) is 4. The third-order valence-corrected chi connectivity index (χ3v) is 3.31. The van der Waals surface area contributed by atoms with Crippen LogP contribution in [0.25, 0.3) is 0 Å². The lowest BCUT2D eigenvalue weighted by Crippen LogP contribution is -2.23. The van der Waals surface area contributed by atoms with Crippen molar-refractivity contribution in [3.63, 3.8) is 0 Å². The third kappa shape index (κ3) is 3.19. The molecule has 0 fully saturated rings. The van der Waals surface area contributed by atoms with Gasteiger partial charge in [0.15, 0.2) is 0 Å². The first-order valence-electron chi connectivity index (χ1n) is 6.70. The van der Waals surface area contributed by atoms with Gasteiger partial charge in [0.25, 0.3) is 5.56 Å². The van der Waals surface area contributed by atoms with Crippen molar-refractivity contribution in [2.45, 2.75) is 39.8 Å². The van der Waals surface area contributed by atoms with E-state index < -0.39 is 0 Å². The van der Waals surface area contributed by atoms with Gasteiger partial charge in [-0.05, 0) is 13.3 Å². The number of nitrogens with one attached hydrogen (secondary N) is 1. The lowest BCUT2D eigenvalue weighted by molar-refractivity contribution is 0.543. The van der Waals surface area contributed by atoms with Crippen LogP contribution in [0.1, 0.15) is 26.7 Å². The van der Waals surface area contributed by atoms with Crippen molar-refractivity contribution < 1.29 is 0 Å². The molecular weight excluding hydrogens is 278 g/mol. The number of aromatic nitrogens is 4. The molecule has 0 aromatic carbocycles. The van der Waals surface area contributed by atoms with Crippen molar-refractivity contribution in [2.75, 3.05) is 5.32 Å². The fourth-order valence-electron chi connectivity index (χ4n) is 1.78. The molecule has 0 atom stereocenters. The maximum atomic E-state index is 12.1. The minimum Gasteiger partial charge on any atom is -0.350 e. The highest BCUT2D eigenvalue weighted by molar-refractivity contribution is 6.33. The first-order valence-corrected chi connectivity index (χ1v) is 7.08. The summed E-state index contributed by atoms with van der Waals surface area (Å²) in [4.78, 5) is 12.1. The average Bonchev–Trinajstić information content (AvgIpc) is 2.91. The highest BCUT2D eigenvalue weighted by atomic mass is 35.5. The predicted octanol–water partition coefficient (Wildman–Crippen LogP) is 2.66. The number of anilines is 2. The van der Waals surface area contributed by atoms with Gasteiger partial charge in [-0.1, -0.05) is 24.9 Å². The highest BCUT2D eigenvalue weighted by Crippen LogP contribution is 2.20. The van der Waals surface area contributed by atoms with Gasteiger partial charge in [0.2, 0.25) is 0 Å². The van der Waals surface area contributed by atoms with Crippen LogP contribution >= 0.6 is 11.6 Å². The van der Waals surface area contributed by atoms with E-state index in [9.17, 15) is 4.79 Å². The number of hydrogen-bond acceptors (Lipinski definition) is 4. The van der Waals surface area contributed by atoms with E-state index >= 15 is 0 Å². The molecule has 2 heterocycles. The summed E-state index contributed by atoms with van der Waals surface area (Å²) in [5.74, 6) is 0. The third-order valence-electron chi connectivity index (χ3n) is 2.94. The summed E-state index contributed by atoms with van der Waals surface area (Å²) < 4.78 is 3.18. The molecule has 0 amide bonds. The quantitative estimate of drug-likeness (QED) is 0.890. The molecular formula is C13H18ClN5O. The van der Waals surface area contributed by atoms with Gasteiger partial charge in [-0.3, -0.25) is 9.48 Å². The Morgan fingerprint density at radius 2 is 2.10 bits per heavy atom. The molecule has 0 radical (unpaired) electrons. The molecule has 0 unspecified atom stereocenters. The van der Waals surface area contributed by atoms with E-state index in [1.807, 2.05) is 13.1 Å². The molecule has 0 aliphatic rings. The van der Waals surface area contributed by atoms with E-state index in [1.165, 1.54) is 4.68 Å². The van der Waals surface area contributed by atoms with Gasteiger partial charge in [-0.2, -0.15) is 10.2 Å². The Labute approximate surface area is 122 Å². The summed E-state index contributed by atoms with van der Waals surface area (Å²) in [6.45, 7) is 5.43. The summed E-state index contributed by atoms with van der Waals surface area (Å²) in [6, 6.07) is 0. The van der Waals surface area contributed by atoms with E-state index in [4.69, 9.17) is 11.6 Å². The van der Waals surface area contributed by atoms with Crippen molar-refractivity contribution in [3.05, 3.63) is 34.0 Å². The maximum absolute atomic E-state index is 12.1. The molecule has 0 saturated heterocycles. The van der Waals surface area contributed by atoms with Crippen LogP contribution in [0.5, 0.6) is 0 Å². The van der Waals surface area contributed by atoms with Crippen LogP contribution in [0.3, 0.4) is 0 Å². The highest BCUT2D eigenvalue weighted by Gasteiger charge is 2.10. The molecule has 108 valence electrons. The zero-order chi connectivity index (χ0) is 14.5. The monoisotopic (exact) mass is 295 g/mol. The van der Waals surface area contributed by atoms with Crippen LogP contribution in [0, 0.1) is 0 Å². The Bertz CT molecular complexity index is 634. The number of unbranched alkanes of at least 4 members (excludes halogenated alkanes) is 1. The first kappa shape index (κ1) is 14.6. The van der Waals surface area contributed by atoms with Gasteiger partial charge in [0, 0.05) is 19.3 Å². The molecule has 6 nitrogen and oxygen atoms in total. The van der Waals surface area contributed by atoms with Gasteiger partial charge in [0.1, 0.15) is 5.02 Å². The number of halogens is 1. The lowest BCUT2D eigenvalue weighted by Gasteiger charge is -2.08. The Morgan fingerprint density at radius 3 is 2.75 bits per heavy atom. The minimum atomic E-state index is -0.270. The van der Waals surface area contributed by atoms with Crippen LogP contribution in [-0.2, 0) is 13.1 Å². The zero-order valence-electron chi connectivity index (χ0n) is 11.6. The van der Waals surface area contributed by atoms with Gasteiger partial charge in [-0.15, -0.1) is 0 Å². The molecule has 0 aliphatic carbocycles. The Hall–Kier alpha value is -1.82. The normalized spacial score (nSPS) is 10.8. The van der Waals surface area contributed by atoms with Crippen LogP contribution in [0.4, 0.5) is 11.4 Å². The summed E-state index contributed by atoms with van der Waals surface area (Å²) >= 11 is 6.10. The number of rotatable bonds is 6. The molecule has 2 aromatic heterocycles. The minimum absolute atomic E-state index is 0.153. The van der Waals surface area contributed by atoms with E-state index in [-0.39, 0.29) is 10.6 Å². The van der Waals surface area contributed by atoms with E-state index in [2.05, 4.69) is 22.4 Å². The van der Waals surface area contributed by atoms with Crippen LogP contribution in [0.15, 0.2) is 23.4 Å². The van der Waals surface area contributed by atoms with Gasteiger partial charge < -0.3 is 5.32 Å². The largest absolute Gasteiger partial charge is 0.350 e. The van der Waals surface area contributed by atoms with Crippen molar-refractivity contribution in [1.82, 2.24) is 19.6 Å². The summed E-state index contributed by atoms with van der Waals surface area (Å²) in [5, 5.41) is 11.5. The molecule has 1 N–H and O–H groups in total. The molecule has 0 saturated carbocycles. The zero-order valence-corrected chi connectivity index (χ0v) is 12.4. The molecule has 0 spiro atoms. The average molecular weight is 296 g/mol. The smallest absolute Gasteiger partial charge is 0.287 e. The van der Waals surface area contributed by atoms with Gasteiger partial charge in [0.05, 0.1) is 23.8 Å².